The van der Waals surface area contributed by atoms with E-state index >= 15 is 0 Å². The molecule has 0 radical (unpaired) electrons. The van der Waals surface area contributed by atoms with Gasteiger partial charge in [0.25, 0.3) is 0 Å². The first-order valence-electron chi connectivity index (χ1n) is 9.97. The van der Waals surface area contributed by atoms with E-state index in [0.717, 1.165) is 30.8 Å². The van der Waals surface area contributed by atoms with Crippen LogP contribution in [0.25, 0.3) is 0 Å². The Morgan fingerprint density at radius 1 is 0.857 bits per heavy atom. The molecular weight excluding hydrogens is 348 g/mol. The number of hydrogen-bond donors (Lipinski definition) is 0. The summed E-state index contributed by atoms with van der Waals surface area (Å²) in [5.74, 6) is 1.86. The van der Waals surface area contributed by atoms with Gasteiger partial charge in [-0.05, 0) is 85.2 Å². The van der Waals surface area contributed by atoms with Crippen molar-refractivity contribution >= 4 is 0 Å². The third kappa shape index (κ3) is 4.33. The van der Waals surface area contributed by atoms with Crippen molar-refractivity contribution in [3.05, 3.63) is 83.9 Å². The Hall–Kier alpha value is -2.88. The monoisotopic (exact) mass is 374 g/mol. The Morgan fingerprint density at radius 2 is 1.54 bits per heavy atom. The molecule has 0 saturated heterocycles. The first-order chi connectivity index (χ1) is 13.8. The Labute approximate surface area is 166 Å². The molecule has 0 spiro atoms. The molecule has 2 aromatic heterocycles. The number of hydrogen-bond acceptors (Lipinski definition) is 4. The maximum Gasteiger partial charge on any atom is 0.161 e. The van der Waals surface area contributed by atoms with E-state index in [1.807, 2.05) is 30.9 Å². The Kier molecular flexibility index (Phi) is 5.86. The van der Waals surface area contributed by atoms with Crippen LogP contribution in [0.1, 0.15) is 48.3 Å². The van der Waals surface area contributed by atoms with E-state index in [0.29, 0.717) is 6.10 Å². The fourth-order valence-corrected chi connectivity index (χ4v) is 3.97. The van der Waals surface area contributed by atoms with Gasteiger partial charge in [-0.2, -0.15) is 0 Å². The van der Waals surface area contributed by atoms with Crippen LogP contribution in [0.3, 0.4) is 0 Å². The summed E-state index contributed by atoms with van der Waals surface area (Å²) in [4.78, 5) is 8.33. The van der Waals surface area contributed by atoms with Crippen molar-refractivity contribution in [2.45, 2.75) is 44.1 Å². The van der Waals surface area contributed by atoms with Crippen LogP contribution in [0, 0.1) is 0 Å². The first kappa shape index (κ1) is 18.5. The number of nitrogens with zero attached hydrogens (tertiary/aromatic N) is 2. The molecule has 0 N–H and O–H groups in total. The maximum atomic E-state index is 6.33. The lowest BCUT2D eigenvalue weighted by Crippen LogP contribution is -2.12. The van der Waals surface area contributed by atoms with Crippen LogP contribution >= 0.6 is 0 Å². The van der Waals surface area contributed by atoms with Crippen molar-refractivity contribution in [3.63, 3.8) is 0 Å². The van der Waals surface area contributed by atoms with E-state index in [2.05, 4.69) is 46.4 Å². The predicted octanol–water partition coefficient (Wildman–Crippen LogP) is 5.18. The summed E-state index contributed by atoms with van der Waals surface area (Å²) in [5.41, 5.74) is 3.71. The van der Waals surface area contributed by atoms with Gasteiger partial charge in [0, 0.05) is 30.7 Å². The van der Waals surface area contributed by atoms with Crippen molar-refractivity contribution in [1.29, 1.82) is 0 Å². The molecular formula is C24H26N2O2. The Balaban J connectivity index is 1.68. The van der Waals surface area contributed by atoms with Gasteiger partial charge in [-0.15, -0.1) is 0 Å². The zero-order chi connectivity index (χ0) is 19.2. The summed E-state index contributed by atoms with van der Waals surface area (Å²) < 4.78 is 11.9. The van der Waals surface area contributed by atoms with Crippen molar-refractivity contribution in [3.8, 4) is 11.5 Å². The summed E-state index contributed by atoms with van der Waals surface area (Å²) in [7, 11) is 1.70. The van der Waals surface area contributed by atoms with Crippen LogP contribution in [0.2, 0.25) is 0 Å². The van der Waals surface area contributed by atoms with E-state index in [1.165, 1.54) is 29.5 Å². The number of pyridine rings is 2. The van der Waals surface area contributed by atoms with Crippen molar-refractivity contribution in [1.82, 2.24) is 9.97 Å². The van der Waals surface area contributed by atoms with Gasteiger partial charge in [0.15, 0.2) is 11.5 Å². The lowest BCUT2D eigenvalue weighted by atomic mass is 9.86. The van der Waals surface area contributed by atoms with Gasteiger partial charge >= 0.3 is 0 Å². The molecule has 1 saturated carbocycles. The highest BCUT2D eigenvalue weighted by atomic mass is 16.5. The summed E-state index contributed by atoms with van der Waals surface area (Å²) in [5, 5.41) is 0. The van der Waals surface area contributed by atoms with Gasteiger partial charge in [-0.3, -0.25) is 9.97 Å². The second-order valence-corrected chi connectivity index (χ2v) is 7.33. The largest absolute Gasteiger partial charge is 0.493 e. The third-order valence-corrected chi connectivity index (χ3v) is 5.48. The summed E-state index contributed by atoms with van der Waals surface area (Å²) >= 11 is 0. The molecule has 4 nitrogen and oxygen atoms in total. The van der Waals surface area contributed by atoms with Crippen LogP contribution in [0.15, 0.2) is 67.3 Å². The van der Waals surface area contributed by atoms with Crippen molar-refractivity contribution < 1.29 is 9.47 Å². The topological polar surface area (TPSA) is 44.2 Å². The molecule has 1 aliphatic rings. The molecule has 0 aliphatic heterocycles. The SMILES string of the molecule is COc1ccc(C(Cc2ccncc2)c2ccncc2)cc1OC1CCCC1. The Bertz CT molecular complexity index is 878. The molecule has 1 atom stereocenters. The maximum absolute atomic E-state index is 6.33. The van der Waals surface area contributed by atoms with Crippen LogP contribution in [0.5, 0.6) is 11.5 Å². The van der Waals surface area contributed by atoms with Crippen LogP contribution in [-0.2, 0) is 6.42 Å². The van der Waals surface area contributed by atoms with E-state index in [4.69, 9.17) is 9.47 Å². The molecule has 1 fully saturated rings. The highest BCUT2D eigenvalue weighted by molar-refractivity contribution is 5.46. The molecule has 28 heavy (non-hydrogen) atoms. The number of aromatic nitrogens is 2. The predicted molar refractivity (Wildman–Crippen MR) is 110 cm³/mol. The fourth-order valence-electron chi connectivity index (χ4n) is 3.97. The van der Waals surface area contributed by atoms with Gasteiger partial charge in [0.2, 0.25) is 0 Å². The molecule has 4 rings (SSSR count). The lowest BCUT2D eigenvalue weighted by molar-refractivity contribution is 0.200. The number of ether oxygens (including phenoxy) is 2. The normalized spacial score (nSPS) is 15.3. The van der Waals surface area contributed by atoms with E-state index in [9.17, 15) is 0 Å². The summed E-state index contributed by atoms with van der Waals surface area (Å²) in [6.07, 6.45) is 13.3. The highest BCUT2D eigenvalue weighted by Crippen LogP contribution is 2.37. The van der Waals surface area contributed by atoms with Crippen LogP contribution < -0.4 is 9.47 Å². The van der Waals surface area contributed by atoms with Crippen molar-refractivity contribution in [2.75, 3.05) is 7.11 Å². The molecule has 1 aliphatic carbocycles. The second kappa shape index (κ2) is 8.87. The minimum atomic E-state index is 0.210. The van der Waals surface area contributed by atoms with Gasteiger partial charge in [0.1, 0.15) is 0 Å². The zero-order valence-electron chi connectivity index (χ0n) is 16.3. The van der Waals surface area contributed by atoms with Crippen LogP contribution in [0.4, 0.5) is 0 Å². The van der Waals surface area contributed by atoms with E-state index in [-0.39, 0.29) is 5.92 Å². The third-order valence-electron chi connectivity index (χ3n) is 5.48. The smallest absolute Gasteiger partial charge is 0.161 e. The number of rotatable bonds is 7. The van der Waals surface area contributed by atoms with Gasteiger partial charge in [-0.1, -0.05) is 6.07 Å². The first-order valence-corrected chi connectivity index (χ1v) is 9.97. The average molecular weight is 374 g/mol. The molecule has 0 amide bonds. The molecule has 3 aromatic rings. The fraction of sp³-hybridized carbons (Fsp3) is 0.333. The number of methoxy groups -OCH3 is 1. The quantitative estimate of drug-likeness (QED) is 0.571. The standard InChI is InChI=1S/C24H26N2O2/c1-27-23-7-6-20(17-24(23)28-21-4-2-3-5-21)22(19-10-14-26-15-11-19)16-18-8-12-25-13-9-18/h6-15,17,21-22H,2-5,16H2,1H3. The summed E-state index contributed by atoms with van der Waals surface area (Å²) in [6.45, 7) is 0. The van der Waals surface area contributed by atoms with E-state index in [1.54, 1.807) is 7.11 Å². The molecule has 144 valence electrons. The Morgan fingerprint density at radius 3 is 2.21 bits per heavy atom. The molecule has 2 heterocycles. The summed E-state index contributed by atoms with van der Waals surface area (Å²) in [6, 6.07) is 14.7. The van der Waals surface area contributed by atoms with Crippen molar-refractivity contribution in [2.24, 2.45) is 0 Å². The second-order valence-electron chi connectivity index (χ2n) is 7.33. The van der Waals surface area contributed by atoms with Gasteiger partial charge in [0.05, 0.1) is 13.2 Å². The zero-order valence-corrected chi connectivity index (χ0v) is 16.3. The molecule has 0 bridgehead atoms. The average Bonchev–Trinajstić information content (AvgIpc) is 3.26. The molecule has 1 unspecified atom stereocenters. The minimum absolute atomic E-state index is 0.210. The minimum Gasteiger partial charge on any atom is -0.493 e. The molecule has 1 aromatic carbocycles. The lowest BCUT2D eigenvalue weighted by Gasteiger charge is -2.21. The van der Waals surface area contributed by atoms with Gasteiger partial charge < -0.3 is 9.47 Å². The molecule has 4 heteroatoms. The number of benzene rings is 1. The highest BCUT2D eigenvalue weighted by Gasteiger charge is 2.21. The van der Waals surface area contributed by atoms with Crippen LogP contribution in [-0.4, -0.2) is 23.2 Å². The van der Waals surface area contributed by atoms with Gasteiger partial charge in [-0.25, -0.2) is 0 Å². The van der Waals surface area contributed by atoms with E-state index < -0.39 is 0 Å².